The number of nitrogens with zero attached hydrogens (tertiary/aromatic N) is 2. The smallest absolute Gasteiger partial charge is 0.336 e. The van der Waals surface area contributed by atoms with Crippen LogP contribution >= 0.6 is 23.2 Å². The van der Waals surface area contributed by atoms with Crippen molar-refractivity contribution in [2.45, 2.75) is 50.6 Å². The third-order valence-corrected chi connectivity index (χ3v) is 11.2. The predicted octanol–water partition coefficient (Wildman–Crippen LogP) is 10.1. The van der Waals surface area contributed by atoms with Crippen molar-refractivity contribution < 1.29 is 28.6 Å². The molecule has 0 fully saturated rings. The Morgan fingerprint density at radius 2 is 1.05 bits per heavy atom. The van der Waals surface area contributed by atoms with Crippen molar-refractivity contribution in [1.29, 1.82) is 0 Å². The van der Waals surface area contributed by atoms with Crippen LogP contribution in [0.15, 0.2) is 110 Å². The average molecular weight is 822 g/mol. The second kappa shape index (κ2) is 18.4. The van der Waals surface area contributed by atoms with Gasteiger partial charge < -0.3 is 20.8 Å². The van der Waals surface area contributed by atoms with Gasteiger partial charge in [-0.25, -0.2) is 18.4 Å². The van der Waals surface area contributed by atoms with E-state index in [1.54, 1.807) is 36.7 Å². The number of aryl methyl sites for hydroxylation is 2. The van der Waals surface area contributed by atoms with Gasteiger partial charge in [0.05, 0.1) is 11.1 Å². The molecule has 2 aromatic heterocycles. The second-order valence-electron chi connectivity index (χ2n) is 14.3. The van der Waals surface area contributed by atoms with E-state index in [-0.39, 0.29) is 23.7 Å². The number of aromatic nitrogens is 2. The van der Waals surface area contributed by atoms with Gasteiger partial charge in [-0.1, -0.05) is 59.6 Å². The number of carboxylic acids is 2. The molecule has 0 bridgehead atoms. The van der Waals surface area contributed by atoms with Crippen LogP contribution in [0.3, 0.4) is 0 Å². The molecule has 296 valence electrons. The second-order valence-corrected chi connectivity index (χ2v) is 15.2. The number of nitrogens with one attached hydrogen (secondary N) is 2. The van der Waals surface area contributed by atoms with E-state index < -0.39 is 11.9 Å². The molecule has 0 spiro atoms. The van der Waals surface area contributed by atoms with Crippen molar-refractivity contribution in [2.75, 3.05) is 13.1 Å². The van der Waals surface area contributed by atoms with E-state index in [1.807, 2.05) is 36.4 Å². The van der Waals surface area contributed by atoms with Gasteiger partial charge in [0.1, 0.15) is 11.6 Å². The van der Waals surface area contributed by atoms with E-state index in [1.165, 1.54) is 58.9 Å². The van der Waals surface area contributed by atoms with Gasteiger partial charge in [-0.3, -0.25) is 9.97 Å². The van der Waals surface area contributed by atoms with E-state index in [4.69, 9.17) is 23.2 Å². The summed E-state index contributed by atoms with van der Waals surface area (Å²) in [6, 6.07) is 24.8. The van der Waals surface area contributed by atoms with Crippen molar-refractivity contribution in [2.24, 2.45) is 0 Å². The number of halogens is 4. The summed E-state index contributed by atoms with van der Waals surface area (Å²) in [6.07, 6.45) is 10.7. The Hall–Kier alpha value is -5.52. The van der Waals surface area contributed by atoms with Crippen LogP contribution in [0, 0.1) is 11.6 Å². The van der Waals surface area contributed by atoms with Crippen molar-refractivity contribution in [1.82, 2.24) is 20.6 Å². The highest BCUT2D eigenvalue weighted by molar-refractivity contribution is 6.31. The Morgan fingerprint density at radius 1 is 0.621 bits per heavy atom. The summed E-state index contributed by atoms with van der Waals surface area (Å²) in [5.41, 5.74) is 9.51. The summed E-state index contributed by atoms with van der Waals surface area (Å²) < 4.78 is 28.6. The Kier molecular flexibility index (Phi) is 12.9. The van der Waals surface area contributed by atoms with Crippen molar-refractivity contribution >= 4 is 35.1 Å². The molecule has 0 amide bonds. The molecular formula is C46H40Cl2F2N4O4. The standard InChI is InChI=1S/2C23H20ClFN2O2/c2*24-17-3-5-18(21(25)12-17)14-1-4-19-15(11-14)7-10-27-22(19)6-2-16-13-26-9-8-20(16)23(28)29/h2*1,3-5,8-9,11-13,22,27H,2,6-7,10H2,(H,28,29)/t2*22-/m10/s1. The molecule has 0 radical (unpaired) electrons. The number of carbonyl (C=O) groups is 2. The van der Waals surface area contributed by atoms with Gasteiger partial charge in [-0.2, -0.15) is 0 Å². The molecule has 0 saturated carbocycles. The lowest BCUT2D eigenvalue weighted by molar-refractivity contribution is 0.0684. The number of hydrogen-bond donors (Lipinski definition) is 4. The topological polar surface area (TPSA) is 124 Å². The summed E-state index contributed by atoms with van der Waals surface area (Å²) in [7, 11) is 0. The van der Waals surface area contributed by atoms with Crippen LogP contribution in [-0.4, -0.2) is 45.2 Å². The normalized spacial score (nSPS) is 15.7. The predicted molar refractivity (Wildman–Crippen MR) is 222 cm³/mol. The van der Waals surface area contributed by atoms with Gasteiger partial charge in [-0.05, 0) is 145 Å². The molecule has 4 aromatic carbocycles. The molecule has 0 unspecified atom stereocenters. The molecule has 8 nitrogen and oxygen atoms in total. The summed E-state index contributed by atoms with van der Waals surface area (Å²) in [5, 5.41) is 26.5. The molecule has 12 heteroatoms. The third-order valence-electron chi connectivity index (χ3n) is 10.8. The molecule has 0 saturated heterocycles. The number of benzene rings is 4. The van der Waals surface area contributed by atoms with Crippen LogP contribution in [0.2, 0.25) is 10.0 Å². The molecule has 2 aliphatic heterocycles. The van der Waals surface area contributed by atoms with E-state index in [2.05, 4.69) is 20.6 Å². The number of rotatable bonds is 10. The maximum atomic E-state index is 14.3. The lowest BCUT2D eigenvalue weighted by Gasteiger charge is -2.28. The third kappa shape index (κ3) is 9.43. The fraction of sp³-hybridized carbons (Fsp3) is 0.217. The van der Waals surface area contributed by atoms with Crippen LogP contribution in [0.4, 0.5) is 8.78 Å². The van der Waals surface area contributed by atoms with Crippen LogP contribution in [0.1, 0.15) is 79.0 Å². The number of fused-ring (bicyclic) bond motifs is 2. The van der Waals surface area contributed by atoms with Crippen LogP contribution < -0.4 is 10.6 Å². The molecule has 58 heavy (non-hydrogen) atoms. The van der Waals surface area contributed by atoms with Crippen molar-refractivity contribution in [3.63, 3.8) is 0 Å². The van der Waals surface area contributed by atoms with Gasteiger partial charge in [0.2, 0.25) is 0 Å². The summed E-state index contributed by atoms with van der Waals surface area (Å²) in [6.45, 7) is 1.64. The summed E-state index contributed by atoms with van der Waals surface area (Å²) in [5.74, 6) is -2.54. The highest BCUT2D eigenvalue weighted by Gasteiger charge is 2.23. The van der Waals surface area contributed by atoms with E-state index in [0.29, 0.717) is 45.1 Å². The minimum Gasteiger partial charge on any atom is -0.478 e. The van der Waals surface area contributed by atoms with Gasteiger partial charge in [0.15, 0.2) is 0 Å². The lowest BCUT2D eigenvalue weighted by atomic mass is 9.88. The lowest BCUT2D eigenvalue weighted by Crippen LogP contribution is -2.30. The Bertz CT molecular complexity index is 2310. The van der Waals surface area contributed by atoms with Gasteiger partial charge in [0, 0.05) is 58.0 Å². The number of aromatic carboxylic acids is 2. The zero-order valence-corrected chi connectivity index (χ0v) is 32.8. The minimum atomic E-state index is -0.936. The first-order valence-electron chi connectivity index (χ1n) is 19.0. The first-order chi connectivity index (χ1) is 28.0. The number of hydrogen-bond acceptors (Lipinski definition) is 6. The van der Waals surface area contributed by atoms with Gasteiger partial charge in [0.25, 0.3) is 0 Å². The first-order valence-corrected chi connectivity index (χ1v) is 19.8. The molecule has 4 N–H and O–H groups in total. The highest BCUT2D eigenvalue weighted by Crippen LogP contribution is 2.34. The highest BCUT2D eigenvalue weighted by atomic mass is 35.5. The fourth-order valence-electron chi connectivity index (χ4n) is 7.87. The maximum absolute atomic E-state index is 14.3. The van der Waals surface area contributed by atoms with Crippen LogP contribution in [0.5, 0.6) is 0 Å². The molecule has 2 aliphatic rings. The quantitative estimate of drug-likeness (QED) is 0.108. The van der Waals surface area contributed by atoms with Crippen LogP contribution in [0.25, 0.3) is 22.3 Å². The van der Waals surface area contributed by atoms with Crippen molar-refractivity contribution in [3.05, 3.63) is 176 Å². The molecule has 8 rings (SSSR count). The molecular weight excluding hydrogens is 781 g/mol. The number of carboxylic acid groups (broad SMARTS) is 2. The van der Waals surface area contributed by atoms with E-state index in [0.717, 1.165) is 61.0 Å². The molecule has 4 heterocycles. The van der Waals surface area contributed by atoms with E-state index in [9.17, 15) is 28.6 Å². The zero-order valence-electron chi connectivity index (χ0n) is 31.3. The molecule has 2 atom stereocenters. The van der Waals surface area contributed by atoms with E-state index >= 15 is 0 Å². The molecule has 6 aromatic rings. The first kappa shape index (κ1) is 40.7. The largest absolute Gasteiger partial charge is 0.478 e. The Balaban J connectivity index is 0.000000177. The summed E-state index contributed by atoms with van der Waals surface area (Å²) >= 11 is 11.7. The maximum Gasteiger partial charge on any atom is 0.336 e. The monoisotopic (exact) mass is 820 g/mol. The van der Waals surface area contributed by atoms with Crippen LogP contribution in [-0.2, 0) is 25.7 Å². The zero-order chi connectivity index (χ0) is 40.8. The SMILES string of the molecule is O=C(O)c1ccncc1CC[C@@H]1NCCc2cc(-c3ccc(Cl)cc3F)ccc21.O=C(O)c1ccncc1CC[C@H]1NCCc2cc(-c3ccc(Cl)cc3F)ccc21. The van der Waals surface area contributed by atoms with Crippen molar-refractivity contribution in [3.8, 4) is 22.3 Å². The average Bonchev–Trinajstić information content (AvgIpc) is 3.22. The minimum absolute atomic E-state index is 0.115. The Morgan fingerprint density at radius 3 is 1.45 bits per heavy atom. The summed E-state index contributed by atoms with van der Waals surface area (Å²) in [4.78, 5) is 31.0. The molecule has 0 aliphatic carbocycles. The Labute approximate surface area is 344 Å². The number of pyridine rings is 2. The fourth-order valence-corrected chi connectivity index (χ4v) is 8.19. The van der Waals surface area contributed by atoms with Gasteiger partial charge >= 0.3 is 11.9 Å². The van der Waals surface area contributed by atoms with Gasteiger partial charge in [-0.15, -0.1) is 0 Å².